The monoisotopic (exact) mass is 595 g/mol. The lowest BCUT2D eigenvalue weighted by Crippen LogP contribution is -2.49. The lowest BCUT2D eigenvalue weighted by atomic mass is 9.92. The second kappa shape index (κ2) is 13.4. The number of amides is 2. The van der Waals surface area contributed by atoms with Gasteiger partial charge in [-0.25, -0.2) is 14.2 Å². The molecule has 0 bridgehead atoms. The number of hydrogen-bond acceptors (Lipinski definition) is 8. The molecular formula is C31H42FN7O4. The molecule has 0 spiro atoms. The molecule has 3 N–H and O–H groups in total. The Morgan fingerprint density at radius 2 is 1.95 bits per heavy atom. The second-order valence-electron chi connectivity index (χ2n) is 11.6. The molecule has 1 fully saturated rings. The predicted octanol–water partition coefficient (Wildman–Crippen LogP) is 4.41. The number of allylic oxidation sites excluding steroid dienone is 3. The van der Waals surface area contributed by atoms with E-state index in [9.17, 15) is 14.0 Å². The van der Waals surface area contributed by atoms with Gasteiger partial charge >= 0.3 is 6.09 Å². The highest BCUT2D eigenvalue weighted by molar-refractivity contribution is 6.31. The lowest BCUT2D eigenvalue weighted by molar-refractivity contribution is -0.112. The maximum Gasteiger partial charge on any atom is 0.410 e. The summed E-state index contributed by atoms with van der Waals surface area (Å²) in [6.07, 6.45) is 9.63. The third-order valence-corrected chi connectivity index (χ3v) is 7.26. The van der Waals surface area contributed by atoms with Crippen LogP contribution in [0.5, 0.6) is 0 Å². The van der Waals surface area contributed by atoms with Crippen molar-refractivity contribution in [2.45, 2.75) is 59.1 Å². The number of likely N-dealkylation sites (tertiary alicyclic amines) is 1. The number of carbonyl (C=O) groups excluding carboxylic acids is 2. The van der Waals surface area contributed by atoms with Crippen LogP contribution in [0, 0.1) is 18.2 Å². The summed E-state index contributed by atoms with van der Waals surface area (Å²) < 4.78 is 26.9. The van der Waals surface area contributed by atoms with Gasteiger partial charge in [0.05, 0.1) is 29.3 Å². The minimum atomic E-state index is -0.566. The van der Waals surface area contributed by atoms with E-state index in [0.29, 0.717) is 44.1 Å². The Bertz CT molecular complexity index is 1460. The first-order valence-corrected chi connectivity index (χ1v) is 14.6. The Morgan fingerprint density at radius 1 is 1.23 bits per heavy atom. The second-order valence-corrected chi connectivity index (χ2v) is 11.6. The number of nitrogens with one attached hydrogen (secondary N) is 3. The van der Waals surface area contributed by atoms with Crippen LogP contribution in [-0.4, -0.2) is 88.4 Å². The van der Waals surface area contributed by atoms with Gasteiger partial charge in [-0.2, -0.15) is 0 Å². The highest BCUT2D eigenvalue weighted by atomic mass is 19.1. The van der Waals surface area contributed by atoms with Crippen molar-refractivity contribution < 1.29 is 23.5 Å². The van der Waals surface area contributed by atoms with Gasteiger partial charge in [-0.15, -0.1) is 0 Å². The number of anilines is 1. The van der Waals surface area contributed by atoms with Gasteiger partial charge < -0.3 is 34.3 Å². The molecule has 0 aromatic carbocycles. The maximum atomic E-state index is 14.6. The molecule has 2 aliphatic rings. The van der Waals surface area contributed by atoms with Crippen LogP contribution in [0.2, 0.25) is 0 Å². The van der Waals surface area contributed by atoms with Crippen molar-refractivity contribution in [1.29, 1.82) is 5.41 Å². The van der Waals surface area contributed by atoms with E-state index in [1.807, 2.05) is 33.8 Å². The van der Waals surface area contributed by atoms with Crippen molar-refractivity contribution in [2.24, 2.45) is 0 Å². The SMILES string of the molecule is CCN(C(=O)OC(C)(C)C)C1CCN(C2=CC=C(C(=O)Nc3cc(F)c4nc(C)cn4c3)C(=N)/C2=C\NCCOC)CC1. The number of hydrogen-bond donors (Lipinski definition) is 3. The van der Waals surface area contributed by atoms with E-state index >= 15 is 0 Å². The van der Waals surface area contributed by atoms with Gasteiger partial charge in [0, 0.05) is 75.3 Å². The fourth-order valence-corrected chi connectivity index (χ4v) is 5.28. The molecule has 43 heavy (non-hydrogen) atoms. The first-order chi connectivity index (χ1) is 20.4. The standard InChI is InChI=1S/C31H42FN7O4/c1-7-39(30(41)43-31(3,4)5)22-10-13-37(14-11-22)26-9-8-23(27(33)24(26)17-34-12-15-42-6)29(40)36-21-16-25(32)28-35-20(2)18-38(28)19-21/h8-9,16-19,22,33-34H,7,10-15H2,1-6H3,(H,36,40)/b24-17-,33-27?. The molecule has 2 amide bonds. The van der Waals surface area contributed by atoms with Gasteiger partial charge in [0.25, 0.3) is 5.91 Å². The topological polar surface area (TPSA) is 124 Å². The van der Waals surface area contributed by atoms with Gasteiger partial charge in [0.1, 0.15) is 5.60 Å². The zero-order valence-corrected chi connectivity index (χ0v) is 25.8. The number of aryl methyl sites for hydroxylation is 1. The Labute approximate surface area is 251 Å². The van der Waals surface area contributed by atoms with Crippen molar-refractivity contribution in [1.82, 2.24) is 24.5 Å². The average Bonchev–Trinajstić information content (AvgIpc) is 3.32. The summed E-state index contributed by atoms with van der Waals surface area (Å²) in [5, 5.41) is 14.9. The number of piperidine rings is 1. The van der Waals surface area contributed by atoms with Crippen molar-refractivity contribution >= 4 is 29.0 Å². The summed E-state index contributed by atoms with van der Waals surface area (Å²) in [6.45, 7) is 12.2. The lowest BCUT2D eigenvalue weighted by Gasteiger charge is -2.41. The number of pyridine rings is 1. The average molecular weight is 596 g/mol. The van der Waals surface area contributed by atoms with Crippen LogP contribution < -0.4 is 10.6 Å². The van der Waals surface area contributed by atoms with E-state index in [4.69, 9.17) is 14.9 Å². The molecule has 12 heteroatoms. The van der Waals surface area contributed by atoms with Crippen molar-refractivity contribution in [3.63, 3.8) is 0 Å². The van der Waals surface area contributed by atoms with Crippen LogP contribution in [0.25, 0.3) is 5.65 Å². The fraction of sp³-hybridized carbons (Fsp3) is 0.484. The van der Waals surface area contributed by atoms with E-state index in [1.54, 1.807) is 43.6 Å². The minimum absolute atomic E-state index is 0.0425. The largest absolute Gasteiger partial charge is 0.444 e. The number of carbonyl (C=O) groups is 2. The minimum Gasteiger partial charge on any atom is -0.444 e. The quantitative estimate of drug-likeness (QED) is 0.367. The molecule has 232 valence electrons. The van der Waals surface area contributed by atoms with Gasteiger partial charge in [-0.3, -0.25) is 10.2 Å². The molecule has 1 aliphatic heterocycles. The summed E-state index contributed by atoms with van der Waals surface area (Å²) in [5.41, 5.74) is 2.10. The number of rotatable bonds is 9. The number of methoxy groups -OCH3 is 1. The molecule has 1 saturated heterocycles. The highest BCUT2D eigenvalue weighted by Crippen LogP contribution is 2.30. The van der Waals surface area contributed by atoms with E-state index in [2.05, 4.69) is 20.5 Å². The smallest absolute Gasteiger partial charge is 0.410 e. The number of nitrogens with zero attached hydrogens (tertiary/aromatic N) is 4. The molecule has 2 aromatic rings. The summed E-state index contributed by atoms with van der Waals surface area (Å²) >= 11 is 0. The first kappa shape index (κ1) is 31.7. The van der Waals surface area contributed by atoms with Crippen molar-refractivity contribution in [3.05, 3.63) is 65.2 Å². The zero-order chi connectivity index (χ0) is 31.3. The van der Waals surface area contributed by atoms with Crippen molar-refractivity contribution in [3.8, 4) is 0 Å². The number of aromatic nitrogens is 2. The van der Waals surface area contributed by atoms with Gasteiger partial charge in [-0.05, 0) is 59.6 Å². The Hall–Kier alpha value is -4.19. The molecule has 0 radical (unpaired) electrons. The molecule has 4 rings (SSSR count). The van der Waals surface area contributed by atoms with Gasteiger partial charge in [-0.1, -0.05) is 0 Å². The number of fused-ring (bicyclic) bond motifs is 1. The maximum absolute atomic E-state index is 14.6. The molecule has 0 atom stereocenters. The number of halogens is 1. The fourth-order valence-electron chi connectivity index (χ4n) is 5.28. The Balaban J connectivity index is 1.53. The molecule has 1 aliphatic carbocycles. The Kier molecular flexibility index (Phi) is 9.90. The normalized spacial score (nSPS) is 17.1. The van der Waals surface area contributed by atoms with E-state index < -0.39 is 17.3 Å². The predicted molar refractivity (Wildman–Crippen MR) is 164 cm³/mol. The Morgan fingerprint density at radius 3 is 2.60 bits per heavy atom. The molecule has 0 unspecified atom stereocenters. The van der Waals surface area contributed by atoms with Crippen LogP contribution in [0.4, 0.5) is 14.9 Å². The van der Waals surface area contributed by atoms with E-state index in [0.717, 1.165) is 18.5 Å². The van der Waals surface area contributed by atoms with Crippen LogP contribution in [-0.2, 0) is 14.3 Å². The van der Waals surface area contributed by atoms with Crippen molar-refractivity contribution in [2.75, 3.05) is 45.2 Å². The molecule has 2 aromatic heterocycles. The third kappa shape index (κ3) is 7.61. The molecule has 3 heterocycles. The molecule has 0 saturated carbocycles. The van der Waals surface area contributed by atoms with Crippen LogP contribution in [0.1, 0.15) is 46.2 Å². The number of imidazole rings is 1. The number of ether oxygens (including phenoxy) is 2. The first-order valence-electron chi connectivity index (χ1n) is 14.6. The summed E-state index contributed by atoms with van der Waals surface area (Å²) in [5.74, 6) is -1.08. The zero-order valence-electron chi connectivity index (χ0n) is 25.8. The van der Waals surface area contributed by atoms with Crippen LogP contribution in [0.15, 0.2) is 53.7 Å². The third-order valence-electron chi connectivity index (χ3n) is 7.26. The van der Waals surface area contributed by atoms with Crippen LogP contribution in [0.3, 0.4) is 0 Å². The molecule has 11 nitrogen and oxygen atoms in total. The highest BCUT2D eigenvalue weighted by Gasteiger charge is 2.33. The van der Waals surface area contributed by atoms with Crippen LogP contribution >= 0.6 is 0 Å². The molecular weight excluding hydrogens is 553 g/mol. The van der Waals surface area contributed by atoms with E-state index in [-0.39, 0.29) is 34.8 Å². The summed E-state index contributed by atoms with van der Waals surface area (Å²) in [4.78, 5) is 34.2. The van der Waals surface area contributed by atoms with E-state index in [1.165, 1.54) is 10.5 Å². The van der Waals surface area contributed by atoms with Gasteiger partial charge in [0.15, 0.2) is 11.5 Å². The van der Waals surface area contributed by atoms with Gasteiger partial charge in [0.2, 0.25) is 0 Å². The summed E-state index contributed by atoms with van der Waals surface area (Å²) in [6, 6.07) is 1.26. The summed E-state index contributed by atoms with van der Waals surface area (Å²) in [7, 11) is 1.61.